The summed E-state index contributed by atoms with van der Waals surface area (Å²) in [6.07, 6.45) is 0. The van der Waals surface area contributed by atoms with Gasteiger partial charge in [-0.2, -0.15) is 0 Å². The molecule has 2 nitrogen and oxygen atoms in total. The van der Waals surface area contributed by atoms with E-state index in [0.717, 1.165) is 6.54 Å². The molecule has 0 saturated heterocycles. The Hall–Kier alpha value is -0.860. The largest absolute Gasteiger partial charge is 0.318 e. The van der Waals surface area contributed by atoms with Crippen LogP contribution in [0.25, 0.3) is 0 Å². The molecule has 1 N–H and O–H groups in total. The van der Waals surface area contributed by atoms with Crippen LogP contribution < -0.4 is 5.32 Å². The van der Waals surface area contributed by atoms with Crippen LogP contribution in [-0.4, -0.2) is 32.6 Å². The number of nitrogens with one attached hydrogen (secondary N) is 1. The zero-order chi connectivity index (χ0) is 9.68. The van der Waals surface area contributed by atoms with Crippen molar-refractivity contribution in [1.29, 1.82) is 0 Å². The summed E-state index contributed by atoms with van der Waals surface area (Å²) in [7, 11) is 6.20. The topological polar surface area (TPSA) is 15.3 Å². The Kier molecular flexibility index (Phi) is 3.93. The molecule has 0 amide bonds. The van der Waals surface area contributed by atoms with Crippen molar-refractivity contribution in [3.05, 3.63) is 35.9 Å². The van der Waals surface area contributed by atoms with Gasteiger partial charge in [0.15, 0.2) is 0 Å². The fraction of sp³-hybridized carbons (Fsp3) is 0.455. The Balaban J connectivity index is 2.76. The molecule has 1 rings (SSSR count). The summed E-state index contributed by atoms with van der Waals surface area (Å²) in [5.74, 6) is 0. The second-order valence-electron chi connectivity index (χ2n) is 3.45. The van der Waals surface area contributed by atoms with Gasteiger partial charge in [-0.15, -0.1) is 0 Å². The molecule has 72 valence electrons. The predicted octanol–water partition coefficient (Wildman–Crippen LogP) is 1.51. The highest BCUT2D eigenvalue weighted by atomic mass is 15.1. The van der Waals surface area contributed by atoms with E-state index in [1.54, 1.807) is 0 Å². The third-order valence-corrected chi connectivity index (χ3v) is 2.21. The quantitative estimate of drug-likeness (QED) is 0.752. The number of hydrogen-bond donors (Lipinski definition) is 1. The molecule has 0 fully saturated rings. The van der Waals surface area contributed by atoms with Gasteiger partial charge in [-0.1, -0.05) is 30.3 Å². The van der Waals surface area contributed by atoms with Crippen molar-refractivity contribution in [3.63, 3.8) is 0 Å². The maximum absolute atomic E-state index is 3.21. The van der Waals surface area contributed by atoms with Crippen molar-refractivity contribution in [3.8, 4) is 0 Å². The fourth-order valence-electron chi connectivity index (χ4n) is 1.47. The van der Waals surface area contributed by atoms with Gasteiger partial charge in [0.05, 0.1) is 0 Å². The van der Waals surface area contributed by atoms with Crippen LogP contribution in [0.15, 0.2) is 30.3 Å². The predicted molar refractivity (Wildman–Crippen MR) is 56.8 cm³/mol. The minimum Gasteiger partial charge on any atom is -0.318 e. The molecule has 0 aliphatic rings. The lowest BCUT2D eigenvalue weighted by Gasteiger charge is -2.24. The smallest absolute Gasteiger partial charge is 0.0466 e. The second-order valence-corrected chi connectivity index (χ2v) is 3.45. The Morgan fingerprint density at radius 3 is 2.31 bits per heavy atom. The third-order valence-electron chi connectivity index (χ3n) is 2.21. The van der Waals surface area contributed by atoms with E-state index in [0.29, 0.717) is 6.04 Å². The molecule has 0 aromatic heterocycles. The van der Waals surface area contributed by atoms with Crippen molar-refractivity contribution in [2.45, 2.75) is 6.04 Å². The van der Waals surface area contributed by atoms with Gasteiger partial charge in [0, 0.05) is 12.6 Å². The first-order valence-electron chi connectivity index (χ1n) is 4.61. The van der Waals surface area contributed by atoms with Gasteiger partial charge in [0.1, 0.15) is 0 Å². The molecule has 0 bridgehead atoms. The minimum absolute atomic E-state index is 0.464. The van der Waals surface area contributed by atoms with Crippen molar-refractivity contribution in [2.75, 3.05) is 27.7 Å². The molecule has 0 heterocycles. The van der Waals surface area contributed by atoms with Crippen molar-refractivity contribution in [2.24, 2.45) is 0 Å². The summed E-state index contributed by atoms with van der Waals surface area (Å²) >= 11 is 0. The van der Waals surface area contributed by atoms with Crippen LogP contribution in [0.1, 0.15) is 11.6 Å². The van der Waals surface area contributed by atoms with Crippen LogP contribution in [0.2, 0.25) is 0 Å². The van der Waals surface area contributed by atoms with Crippen molar-refractivity contribution >= 4 is 0 Å². The summed E-state index contributed by atoms with van der Waals surface area (Å²) in [4.78, 5) is 2.23. The Bertz CT molecular complexity index is 231. The zero-order valence-corrected chi connectivity index (χ0v) is 8.62. The molecule has 1 aromatic rings. The van der Waals surface area contributed by atoms with E-state index in [-0.39, 0.29) is 0 Å². The highest BCUT2D eigenvalue weighted by Gasteiger charge is 2.11. The van der Waals surface area contributed by atoms with Crippen molar-refractivity contribution in [1.82, 2.24) is 10.2 Å². The second kappa shape index (κ2) is 5.00. The number of nitrogens with zero attached hydrogens (tertiary/aromatic N) is 1. The van der Waals surface area contributed by atoms with E-state index < -0.39 is 0 Å². The standard InChI is InChI=1S/C11H18N2/c1-12-9-11(13(2)3)10-7-5-4-6-8-10/h4-8,11-12H,9H2,1-3H3/t11-/m1/s1. The summed E-state index contributed by atoms with van der Waals surface area (Å²) in [6, 6.07) is 11.0. The van der Waals surface area contributed by atoms with Crippen molar-refractivity contribution < 1.29 is 0 Å². The number of likely N-dealkylation sites (N-methyl/N-ethyl adjacent to an activating group) is 2. The summed E-state index contributed by atoms with van der Waals surface area (Å²) < 4.78 is 0. The summed E-state index contributed by atoms with van der Waals surface area (Å²) in [5.41, 5.74) is 1.36. The maximum atomic E-state index is 3.21. The molecule has 0 saturated carbocycles. The first-order valence-corrected chi connectivity index (χ1v) is 4.61. The molecular weight excluding hydrogens is 160 g/mol. The maximum Gasteiger partial charge on any atom is 0.0466 e. The van der Waals surface area contributed by atoms with E-state index in [1.165, 1.54) is 5.56 Å². The van der Waals surface area contributed by atoms with Crippen LogP contribution in [-0.2, 0) is 0 Å². The molecule has 2 heteroatoms. The Morgan fingerprint density at radius 2 is 1.85 bits per heavy atom. The van der Waals surface area contributed by atoms with E-state index in [1.807, 2.05) is 7.05 Å². The number of benzene rings is 1. The van der Waals surface area contributed by atoms with E-state index in [2.05, 4.69) is 54.6 Å². The molecule has 0 aliphatic carbocycles. The molecule has 0 aliphatic heterocycles. The molecule has 1 aromatic carbocycles. The van der Waals surface area contributed by atoms with Gasteiger partial charge in [-0.05, 0) is 26.7 Å². The normalized spacial score (nSPS) is 13.2. The highest BCUT2D eigenvalue weighted by Crippen LogP contribution is 2.16. The van der Waals surface area contributed by atoms with Crippen LogP contribution in [0.3, 0.4) is 0 Å². The van der Waals surface area contributed by atoms with Crippen LogP contribution in [0.4, 0.5) is 0 Å². The lowest BCUT2D eigenvalue weighted by molar-refractivity contribution is 0.294. The SMILES string of the molecule is CNC[C@H](c1ccccc1)N(C)C. The Labute approximate surface area is 80.6 Å². The molecule has 13 heavy (non-hydrogen) atoms. The summed E-state index contributed by atoms with van der Waals surface area (Å²) in [6.45, 7) is 0.983. The molecule has 0 spiro atoms. The van der Waals surface area contributed by atoms with E-state index in [4.69, 9.17) is 0 Å². The van der Waals surface area contributed by atoms with Crippen LogP contribution >= 0.6 is 0 Å². The summed E-state index contributed by atoms with van der Waals surface area (Å²) in [5, 5.41) is 3.21. The lowest BCUT2D eigenvalue weighted by atomic mass is 10.1. The first kappa shape index (κ1) is 10.2. The van der Waals surface area contributed by atoms with Gasteiger partial charge < -0.3 is 10.2 Å². The molecule has 0 radical (unpaired) electrons. The van der Waals surface area contributed by atoms with Gasteiger partial charge in [0.25, 0.3) is 0 Å². The van der Waals surface area contributed by atoms with E-state index in [9.17, 15) is 0 Å². The monoisotopic (exact) mass is 178 g/mol. The van der Waals surface area contributed by atoms with Gasteiger partial charge >= 0.3 is 0 Å². The first-order chi connectivity index (χ1) is 6.25. The zero-order valence-electron chi connectivity index (χ0n) is 8.62. The number of hydrogen-bond acceptors (Lipinski definition) is 2. The van der Waals surface area contributed by atoms with E-state index >= 15 is 0 Å². The fourth-order valence-corrected chi connectivity index (χ4v) is 1.47. The minimum atomic E-state index is 0.464. The average molecular weight is 178 g/mol. The molecule has 0 unspecified atom stereocenters. The molecule has 1 atom stereocenters. The van der Waals surface area contributed by atoms with Gasteiger partial charge in [0.2, 0.25) is 0 Å². The number of rotatable bonds is 4. The van der Waals surface area contributed by atoms with Gasteiger partial charge in [-0.3, -0.25) is 0 Å². The van der Waals surface area contributed by atoms with Gasteiger partial charge in [-0.25, -0.2) is 0 Å². The molecular formula is C11H18N2. The highest BCUT2D eigenvalue weighted by molar-refractivity contribution is 5.19. The van der Waals surface area contributed by atoms with Crippen LogP contribution in [0, 0.1) is 0 Å². The third kappa shape index (κ3) is 2.83. The average Bonchev–Trinajstić information content (AvgIpc) is 2.15. The Morgan fingerprint density at radius 1 is 1.23 bits per heavy atom. The lowest BCUT2D eigenvalue weighted by Crippen LogP contribution is -2.29. The van der Waals surface area contributed by atoms with Crippen LogP contribution in [0.5, 0.6) is 0 Å².